The van der Waals surface area contributed by atoms with Gasteiger partial charge in [0.25, 0.3) is 11.8 Å². The normalized spacial score (nSPS) is 15.6. The molecule has 10 heteroatoms. The van der Waals surface area contributed by atoms with Crippen molar-refractivity contribution in [3.05, 3.63) is 64.9 Å². The fraction of sp³-hybridized carbons (Fsp3) is 0.200. The number of rotatable bonds is 5. The quantitative estimate of drug-likeness (QED) is 0.553. The first-order valence-corrected chi connectivity index (χ1v) is 9.29. The summed E-state index contributed by atoms with van der Waals surface area (Å²) in [6, 6.07) is 11.6. The van der Waals surface area contributed by atoms with E-state index in [1.807, 2.05) is 0 Å². The van der Waals surface area contributed by atoms with Gasteiger partial charge in [-0.3, -0.25) is 30.0 Å². The predicted octanol–water partition coefficient (Wildman–Crippen LogP) is 1.84. The van der Waals surface area contributed by atoms with Crippen LogP contribution in [0.4, 0.5) is 10.1 Å². The van der Waals surface area contributed by atoms with Gasteiger partial charge in [0.05, 0.1) is 16.5 Å². The highest BCUT2D eigenvalue weighted by Crippen LogP contribution is 2.26. The molecule has 0 saturated carbocycles. The van der Waals surface area contributed by atoms with E-state index in [1.165, 1.54) is 41.3 Å². The lowest BCUT2D eigenvalue weighted by atomic mass is 10.1. The van der Waals surface area contributed by atoms with Crippen molar-refractivity contribution < 1.29 is 28.3 Å². The number of esters is 1. The number of benzene rings is 2. The summed E-state index contributed by atoms with van der Waals surface area (Å²) in [5.74, 6) is -3.61. The maximum Gasteiger partial charge on any atom is 0.311 e. The minimum absolute atomic E-state index is 0.0637. The van der Waals surface area contributed by atoms with Gasteiger partial charge in [-0.2, -0.15) is 0 Å². The molecule has 2 aromatic carbocycles. The van der Waals surface area contributed by atoms with Crippen LogP contribution >= 0.6 is 11.6 Å². The second kappa shape index (κ2) is 9.36. The molecule has 30 heavy (non-hydrogen) atoms. The molecule has 0 unspecified atom stereocenters. The van der Waals surface area contributed by atoms with Crippen LogP contribution in [0, 0.1) is 11.7 Å². The van der Waals surface area contributed by atoms with Crippen molar-refractivity contribution in [2.24, 2.45) is 5.92 Å². The van der Waals surface area contributed by atoms with Crippen molar-refractivity contribution in [3.63, 3.8) is 0 Å². The van der Waals surface area contributed by atoms with Crippen LogP contribution in [-0.2, 0) is 19.1 Å². The molecule has 0 spiro atoms. The summed E-state index contributed by atoms with van der Waals surface area (Å²) in [7, 11) is 0. The van der Waals surface area contributed by atoms with E-state index in [0.717, 1.165) is 0 Å². The first-order chi connectivity index (χ1) is 14.3. The van der Waals surface area contributed by atoms with E-state index < -0.39 is 36.1 Å². The van der Waals surface area contributed by atoms with Gasteiger partial charge in [-0.05, 0) is 36.4 Å². The lowest BCUT2D eigenvalue weighted by molar-refractivity contribution is -0.152. The van der Waals surface area contributed by atoms with Crippen molar-refractivity contribution >= 4 is 41.0 Å². The Hall–Kier alpha value is -3.46. The van der Waals surface area contributed by atoms with Crippen LogP contribution in [-0.4, -0.2) is 36.8 Å². The summed E-state index contributed by atoms with van der Waals surface area (Å²) >= 11 is 5.89. The molecule has 2 N–H and O–H groups in total. The third-order valence-corrected chi connectivity index (χ3v) is 4.71. The topological polar surface area (TPSA) is 105 Å². The molecule has 1 aliphatic rings. The molecule has 0 aliphatic carbocycles. The number of anilines is 1. The SMILES string of the molecule is O=C(COC(=O)[C@H]1CC(=O)N(c2ccc(F)cc2)C1)NNC(=O)c1ccccc1Cl. The number of nitrogens with zero attached hydrogens (tertiary/aromatic N) is 1. The highest BCUT2D eigenvalue weighted by Gasteiger charge is 2.36. The standard InChI is InChI=1S/C20H17ClFN3O5/c21-16-4-2-1-3-15(16)19(28)24-23-17(26)11-30-20(29)12-9-18(27)25(10-12)14-7-5-13(22)6-8-14/h1-8,12H,9-11H2,(H,23,26)(H,24,28)/t12-/m0/s1. The maximum absolute atomic E-state index is 13.0. The summed E-state index contributed by atoms with van der Waals surface area (Å²) < 4.78 is 18.0. The molecule has 3 amide bonds. The van der Waals surface area contributed by atoms with Crippen LogP contribution in [0.25, 0.3) is 0 Å². The number of ether oxygens (including phenoxy) is 1. The van der Waals surface area contributed by atoms with Gasteiger partial charge in [0, 0.05) is 18.7 Å². The minimum atomic E-state index is -0.761. The minimum Gasteiger partial charge on any atom is -0.455 e. The van der Waals surface area contributed by atoms with Crippen LogP contribution in [0.15, 0.2) is 48.5 Å². The van der Waals surface area contributed by atoms with E-state index in [9.17, 15) is 23.6 Å². The summed E-state index contributed by atoms with van der Waals surface area (Å²) in [6.07, 6.45) is -0.0823. The van der Waals surface area contributed by atoms with Gasteiger partial charge in [0.1, 0.15) is 5.82 Å². The van der Waals surface area contributed by atoms with E-state index in [-0.39, 0.29) is 29.5 Å². The molecule has 8 nitrogen and oxygen atoms in total. The van der Waals surface area contributed by atoms with Crippen LogP contribution in [0.2, 0.25) is 5.02 Å². The van der Waals surface area contributed by atoms with Crippen molar-refractivity contribution in [2.45, 2.75) is 6.42 Å². The second-order valence-corrected chi connectivity index (χ2v) is 6.88. The van der Waals surface area contributed by atoms with Gasteiger partial charge in [0.15, 0.2) is 6.61 Å². The van der Waals surface area contributed by atoms with Crippen molar-refractivity contribution in [2.75, 3.05) is 18.1 Å². The molecule has 1 aliphatic heterocycles. The Labute approximate surface area is 175 Å². The van der Waals surface area contributed by atoms with E-state index in [4.69, 9.17) is 16.3 Å². The smallest absolute Gasteiger partial charge is 0.311 e. The monoisotopic (exact) mass is 433 g/mol. The lowest BCUT2D eigenvalue weighted by Crippen LogP contribution is -2.44. The fourth-order valence-corrected chi connectivity index (χ4v) is 3.09. The number of nitrogens with one attached hydrogen (secondary N) is 2. The number of carbonyl (C=O) groups is 4. The first kappa shape index (κ1) is 21.3. The van der Waals surface area contributed by atoms with E-state index in [2.05, 4.69) is 10.9 Å². The van der Waals surface area contributed by atoms with Gasteiger partial charge in [-0.1, -0.05) is 23.7 Å². The molecule has 0 radical (unpaired) electrons. The van der Waals surface area contributed by atoms with E-state index >= 15 is 0 Å². The molecule has 2 aromatic rings. The zero-order valence-corrected chi connectivity index (χ0v) is 16.3. The van der Waals surface area contributed by atoms with Crippen LogP contribution in [0.5, 0.6) is 0 Å². The summed E-state index contributed by atoms with van der Waals surface area (Å²) in [4.78, 5) is 49.5. The molecule has 156 valence electrons. The van der Waals surface area contributed by atoms with Crippen LogP contribution < -0.4 is 15.8 Å². The molecular formula is C20H17ClFN3O5. The molecule has 0 bridgehead atoms. The van der Waals surface area contributed by atoms with Crippen molar-refractivity contribution in [1.82, 2.24) is 10.9 Å². The van der Waals surface area contributed by atoms with Gasteiger partial charge < -0.3 is 9.64 Å². The lowest BCUT2D eigenvalue weighted by Gasteiger charge is -2.16. The highest BCUT2D eigenvalue weighted by molar-refractivity contribution is 6.33. The average molecular weight is 434 g/mol. The number of hydrogen-bond acceptors (Lipinski definition) is 5. The molecule has 0 aromatic heterocycles. The predicted molar refractivity (Wildman–Crippen MR) is 105 cm³/mol. The average Bonchev–Trinajstić information content (AvgIpc) is 3.13. The Balaban J connectivity index is 1.45. The Morgan fingerprint density at radius 3 is 2.50 bits per heavy atom. The highest BCUT2D eigenvalue weighted by atomic mass is 35.5. The zero-order chi connectivity index (χ0) is 21.7. The van der Waals surface area contributed by atoms with Crippen LogP contribution in [0.1, 0.15) is 16.8 Å². The molecule has 1 fully saturated rings. The van der Waals surface area contributed by atoms with Gasteiger partial charge >= 0.3 is 5.97 Å². The fourth-order valence-electron chi connectivity index (χ4n) is 2.87. The Bertz CT molecular complexity index is 983. The number of hydrogen-bond donors (Lipinski definition) is 2. The Kier molecular flexibility index (Phi) is 6.63. The van der Waals surface area contributed by atoms with E-state index in [0.29, 0.717) is 5.69 Å². The number of amides is 3. The molecule has 1 saturated heterocycles. The number of halogens is 2. The Morgan fingerprint density at radius 1 is 1.10 bits per heavy atom. The van der Waals surface area contributed by atoms with E-state index in [1.54, 1.807) is 12.1 Å². The molecule has 1 atom stereocenters. The molecule has 3 rings (SSSR count). The van der Waals surface area contributed by atoms with Crippen LogP contribution in [0.3, 0.4) is 0 Å². The largest absolute Gasteiger partial charge is 0.455 e. The summed E-state index contributed by atoms with van der Waals surface area (Å²) in [6.45, 7) is -0.572. The number of carbonyl (C=O) groups excluding carboxylic acids is 4. The molecule has 1 heterocycles. The first-order valence-electron chi connectivity index (χ1n) is 8.91. The summed E-state index contributed by atoms with van der Waals surface area (Å²) in [5.41, 5.74) is 4.92. The van der Waals surface area contributed by atoms with Crippen molar-refractivity contribution in [1.29, 1.82) is 0 Å². The molecular weight excluding hydrogens is 417 g/mol. The zero-order valence-electron chi connectivity index (χ0n) is 15.6. The third kappa shape index (κ3) is 5.12. The van der Waals surface area contributed by atoms with Gasteiger partial charge in [0.2, 0.25) is 5.91 Å². The van der Waals surface area contributed by atoms with Gasteiger partial charge in [-0.25, -0.2) is 4.39 Å². The van der Waals surface area contributed by atoms with Crippen molar-refractivity contribution in [3.8, 4) is 0 Å². The second-order valence-electron chi connectivity index (χ2n) is 6.47. The summed E-state index contributed by atoms with van der Waals surface area (Å²) in [5, 5.41) is 0.215. The van der Waals surface area contributed by atoms with Gasteiger partial charge in [-0.15, -0.1) is 0 Å². The third-order valence-electron chi connectivity index (χ3n) is 4.38. The maximum atomic E-state index is 13.0. The number of hydrazine groups is 1. The Morgan fingerprint density at radius 2 is 1.80 bits per heavy atom.